The molecule has 13 aromatic carbocycles. The van der Waals surface area contributed by atoms with Crippen molar-refractivity contribution in [2.24, 2.45) is 0 Å². The van der Waals surface area contributed by atoms with Gasteiger partial charge in [0.05, 0.1) is 27.8 Å². The Morgan fingerprint density at radius 2 is 0.463 bits per heavy atom. The summed E-state index contributed by atoms with van der Waals surface area (Å²) < 4.78 is 4.86. The van der Waals surface area contributed by atoms with E-state index in [1.54, 1.807) is 0 Å². The van der Waals surface area contributed by atoms with E-state index >= 15 is 0 Å². The molecule has 0 saturated heterocycles. The van der Waals surface area contributed by atoms with Gasteiger partial charge in [-0.2, -0.15) is 0 Å². The highest BCUT2D eigenvalue weighted by Gasteiger charge is 2.19. The fourth-order valence-electron chi connectivity index (χ4n) is 12.2. The van der Waals surface area contributed by atoms with Crippen LogP contribution < -0.4 is 0 Å². The van der Waals surface area contributed by atoms with Crippen molar-refractivity contribution in [1.82, 2.24) is 9.13 Å². The Hall–Kier alpha value is -10.5. The van der Waals surface area contributed by atoms with Crippen LogP contribution in [0, 0.1) is 0 Å². The zero-order valence-electron chi connectivity index (χ0n) is 43.9. The number of benzene rings is 13. The number of nitrogens with zero attached hydrogens (tertiary/aromatic N) is 2. The van der Waals surface area contributed by atoms with Gasteiger partial charge in [0.1, 0.15) is 0 Å². The maximum Gasteiger partial charge on any atom is 0.0541 e. The summed E-state index contributed by atoms with van der Waals surface area (Å²) in [6.45, 7) is 0. The Bertz CT molecular complexity index is 4790. The van der Waals surface area contributed by atoms with Crippen molar-refractivity contribution in [3.63, 3.8) is 0 Å². The summed E-state index contributed by atoms with van der Waals surface area (Å²) in [4.78, 5) is 0. The Balaban J connectivity index is 0.730. The summed E-state index contributed by atoms with van der Waals surface area (Å²) in [6, 6.07) is 115. The Labute approximate surface area is 466 Å². The molecule has 0 aliphatic rings. The van der Waals surface area contributed by atoms with Crippen molar-refractivity contribution >= 4 is 43.6 Å². The fourth-order valence-corrected chi connectivity index (χ4v) is 12.2. The minimum Gasteiger partial charge on any atom is -0.309 e. The molecule has 0 spiro atoms. The smallest absolute Gasteiger partial charge is 0.0541 e. The molecule has 0 atom stereocenters. The van der Waals surface area contributed by atoms with Crippen LogP contribution >= 0.6 is 0 Å². The van der Waals surface area contributed by atoms with Gasteiger partial charge in [-0.3, -0.25) is 0 Å². The summed E-state index contributed by atoms with van der Waals surface area (Å²) in [5.41, 5.74) is 26.2. The molecule has 0 saturated carbocycles. The van der Waals surface area contributed by atoms with Crippen LogP contribution in [0.15, 0.2) is 315 Å². The first-order chi connectivity index (χ1) is 39.6. The first-order valence-electron chi connectivity index (χ1n) is 27.5. The molecule has 15 aromatic rings. The van der Waals surface area contributed by atoms with E-state index in [4.69, 9.17) is 0 Å². The lowest BCUT2D eigenvalue weighted by Gasteiger charge is -2.15. The monoisotopic (exact) mass is 1020 g/mol. The van der Waals surface area contributed by atoms with E-state index in [0.29, 0.717) is 0 Å². The summed E-state index contributed by atoms with van der Waals surface area (Å²) >= 11 is 0. The maximum atomic E-state index is 2.46. The molecule has 0 amide bonds. The normalized spacial score (nSPS) is 11.5. The minimum atomic E-state index is 1.15. The second-order valence-corrected chi connectivity index (χ2v) is 20.9. The molecule has 0 aliphatic carbocycles. The summed E-state index contributed by atoms with van der Waals surface area (Å²) in [5.74, 6) is 0. The van der Waals surface area contributed by atoms with Crippen LogP contribution in [-0.4, -0.2) is 9.13 Å². The maximum absolute atomic E-state index is 2.46. The molecule has 15 rings (SSSR count). The highest BCUT2D eigenvalue weighted by Crippen LogP contribution is 2.41. The van der Waals surface area contributed by atoms with Crippen LogP contribution in [-0.2, 0) is 0 Å². The molecule has 2 heteroatoms. The van der Waals surface area contributed by atoms with Crippen LogP contribution in [0.25, 0.3) is 144 Å². The zero-order chi connectivity index (χ0) is 52.9. The van der Waals surface area contributed by atoms with Crippen LogP contribution in [0.4, 0.5) is 0 Å². The summed E-state index contributed by atoms with van der Waals surface area (Å²) in [5, 5.41) is 4.94. The van der Waals surface area contributed by atoms with Crippen LogP contribution in [0.3, 0.4) is 0 Å². The standard InChI is InChI=1S/C78H52N2/c1-3-17-53(18-4-1)55-39-43-68(44-40-55)79-75-33-11-8-30-70(75)72-51-65(41-45-77(72)79)66-42-46-78-73(52-66)71-31-9-12-34-76(71)80(78)74-32-10-7-29-69(74)67-28-16-23-60(50-67)57-37-35-56(36-38-57)59-22-14-25-62(48-59)64-27-15-26-63(49-64)61-24-13-21-58(47-61)54-19-5-2-6-20-54/h1-52H. The average molecular weight is 1020 g/mol. The molecule has 0 radical (unpaired) electrons. The third-order valence-electron chi connectivity index (χ3n) is 16.1. The first kappa shape index (κ1) is 46.7. The van der Waals surface area contributed by atoms with E-state index in [1.807, 2.05) is 0 Å². The fraction of sp³-hybridized carbons (Fsp3) is 0. The second kappa shape index (κ2) is 19.8. The van der Waals surface area contributed by atoms with Crippen molar-refractivity contribution in [2.75, 3.05) is 0 Å². The van der Waals surface area contributed by atoms with Gasteiger partial charge in [-0.15, -0.1) is 0 Å². The van der Waals surface area contributed by atoms with E-state index in [1.165, 1.54) is 133 Å². The molecule has 374 valence electrons. The predicted molar refractivity (Wildman–Crippen MR) is 339 cm³/mol. The minimum absolute atomic E-state index is 1.15. The van der Waals surface area contributed by atoms with Crippen LogP contribution in [0.5, 0.6) is 0 Å². The SMILES string of the molecule is c1ccc(-c2ccc(-n3c4ccccc4c4cc(-c5ccc6c(c5)c5ccccc5n6-c5ccccc5-c5cccc(-c6ccc(-c7cccc(-c8cccc(-c9cccc(-c%10ccccc%10)c9)c8)c7)cc6)c5)ccc43)cc2)cc1. The molecule has 80 heavy (non-hydrogen) atoms. The predicted octanol–water partition coefficient (Wildman–Crippen LogP) is 21.2. The van der Waals surface area contributed by atoms with Gasteiger partial charge in [0.2, 0.25) is 0 Å². The number of fused-ring (bicyclic) bond motifs is 6. The van der Waals surface area contributed by atoms with Crippen molar-refractivity contribution < 1.29 is 0 Å². The number of aromatic nitrogens is 2. The van der Waals surface area contributed by atoms with Gasteiger partial charge < -0.3 is 9.13 Å². The molecule has 2 heterocycles. The number of para-hydroxylation sites is 3. The van der Waals surface area contributed by atoms with Crippen LogP contribution in [0.2, 0.25) is 0 Å². The third kappa shape index (κ3) is 8.39. The summed E-state index contributed by atoms with van der Waals surface area (Å²) in [6.07, 6.45) is 0. The lowest BCUT2D eigenvalue weighted by atomic mass is 9.94. The van der Waals surface area contributed by atoms with E-state index in [2.05, 4.69) is 325 Å². The van der Waals surface area contributed by atoms with E-state index in [0.717, 1.165) is 11.4 Å². The average Bonchev–Trinajstić information content (AvgIpc) is 4.11. The first-order valence-corrected chi connectivity index (χ1v) is 27.5. The molecule has 0 fully saturated rings. The molecule has 0 bridgehead atoms. The van der Waals surface area contributed by atoms with Gasteiger partial charge in [0, 0.05) is 32.8 Å². The molecular weight excluding hydrogens is 965 g/mol. The molecule has 2 aromatic heterocycles. The molecule has 2 nitrogen and oxygen atoms in total. The second-order valence-electron chi connectivity index (χ2n) is 20.9. The molecular formula is C78H52N2. The van der Waals surface area contributed by atoms with Crippen LogP contribution in [0.1, 0.15) is 0 Å². The summed E-state index contributed by atoms with van der Waals surface area (Å²) in [7, 11) is 0. The molecule has 0 N–H and O–H groups in total. The quantitative estimate of drug-likeness (QED) is 0.129. The molecule has 0 unspecified atom stereocenters. The van der Waals surface area contributed by atoms with Crippen molar-refractivity contribution in [1.29, 1.82) is 0 Å². The zero-order valence-corrected chi connectivity index (χ0v) is 43.9. The topological polar surface area (TPSA) is 9.86 Å². The van der Waals surface area contributed by atoms with E-state index in [9.17, 15) is 0 Å². The third-order valence-corrected chi connectivity index (χ3v) is 16.1. The van der Waals surface area contributed by atoms with Gasteiger partial charge in [-0.05, 0) is 162 Å². The van der Waals surface area contributed by atoms with Crippen molar-refractivity contribution in [2.45, 2.75) is 0 Å². The van der Waals surface area contributed by atoms with Gasteiger partial charge in [0.15, 0.2) is 0 Å². The van der Waals surface area contributed by atoms with Crippen molar-refractivity contribution in [3.8, 4) is 100 Å². The largest absolute Gasteiger partial charge is 0.309 e. The lowest BCUT2D eigenvalue weighted by Crippen LogP contribution is -1.97. The number of hydrogen-bond donors (Lipinski definition) is 0. The van der Waals surface area contributed by atoms with Crippen molar-refractivity contribution in [3.05, 3.63) is 315 Å². The highest BCUT2D eigenvalue weighted by atomic mass is 15.0. The number of rotatable bonds is 10. The van der Waals surface area contributed by atoms with Gasteiger partial charge >= 0.3 is 0 Å². The van der Waals surface area contributed by atoms with E-state index < -0.39 is 0 Å². The Kier molecular flexibility index (Phi) is 11.6. The lowest BCUT2D eigenvalue weighted by molar-refractivity contribution is 1.18. The highest BCUT2D eigenvalue weighted by molar-refractivity contribution is 6.13. The Morgan fingerprint density at radius 1 is 0.163 bits per heavy atom. The van der Waals surface area contributed by atoms with E-state index in [-0.39, 0.29) is 0 Å². The Morgan fingerprint density at radius 3 is 0.975 bits per heavy atom. The van der Waals surface area contributed by atoms with Gasteiger partial charge in [-0.1, -0.05) is 237 Å². The number of hydrogen-bond acceptors (Lipinski definition) is 0. The molecule has 0 aliphatic heterocycles. The van der Waals surface area contributed by atoms with Gasteiger partial charge in [0.25, 0.3) is 0 Å². The van der Waals surface area contributed by atoms with Gasteiger partial charge in [-0.25, -0.2) is 0 Å².